The molecule has 2 aliphatic rings. The molecule has 2 saturated heterocycles. The zero-order chi connectivity index (χ0) is 13.1. The van der Waals surface area contributed by atoms with Crippen LogP contribution in [0.15, 0.2) is 12.4 Å². The van der Waals surface area contributed by atoms with Gasteiger partial charge in [-0.3, -0.25) is 9.88 Å². The molecule has 2 N–H and O–H groups in total. The van der Waals surface area contributed by atoms with Gasteiger partial charge in [-0.1, -0.05) is 0 Å². The predicted molar refractivity (Wildman–Crippen MR) is 72.9 cm³/mol. The second-order valence-corrected chi connectivity index (χ2v) is 5.07. The van der Waals surface area contributed by atoms with Crippen LogP contribution in [0.3, 0.4) is 0 Å². The van der Waals surface area contributed by atoms with Crippen LogP contribution >= 0.6 is 0 Å². The van der Waals surface area contributed by atoms with Crippen molar-refractivity contribution in [1.29, 1.82) is 0 Å². The molecule has 0 amide bonds. The third-order valence-electron chi connectivity index (χ3n) is 3.97. The van der Waals surface area contributed by atoms with Crippen LogP contribution in [0.1, 0.15) is 12.1 Å². The van der Waals surface area contributed by atoms with Crippen LogP contribution in [0.5, 0.6) is 0 Å². The number of nitrogens with two attached hydrogens (primary N) is 1. The van der Waals surface area contributed by atoms with Gasteiger partial charge in [0.25, 0.3) is 0 Å². The van der Waals surface area contributed by atoms with Gasteiger partial charge in [0, 0.05) is 51.2 Å². The lowest BCUT2D eigenvalue weighted by Gasteiger charge is -2.32. The molecule has 1 atom stereocenters. The van der Waals surface area contributed by atoms with Crippen LogP contribution in [0, 0.1) is 0 Å². The third-order valence-corrected chi connectivity index (χ3v) is 3.97. The van der Waals surface area contributed by atoms with Gasteiger partial charge >= 0.3 is 0 Å². The van der Waals surface area contributed by atoms with E-state index in [1.54, 1.807) is 12.4 Å². The number of hydrogen-bond donors (Lipinski definition) is 1. The van der Waals surface area contributed by atoms with Gasteiger partial charge in [0.05, 0.1) is 18.9 Å². The fraction of sp³-hybridized carbons (Fsp3) is 0.692. The molecule has 0 saturated carbocycles. The minimum Gasteiger partial charge on any atom is -0.379 e. The van der Waals surface area contributed by atoms with Crippen LogP contribution in [0.25, 0.3) is 0 Å². The average molecular weight is 263 g/mol. The lowest BCUT2D eigenvalue weighted by molar-refractivity contribution is 0.0209. The van der Waals surface area contributed by atoms with Crippen LogP contribution < -0.4 is 10.6 Å². The molecule has 6 nitrogen and oxygen atoms in total. The number of aromatic nitrogens is 2. The molecule has 104 valence electrons. The van der Waals surface area contributed by atoms with Crippen molar-refractivity contribution in [1.82, 2.24) is 14.9 Å². The normalized spacial score (nSPS) is 24.9. The summed E-state index contributed by atoms with van der Waals surface area (Å²) in [5.41, 5.74) is 6.63. The van der Waals surface area contributed by atoms with E-state index >= 15 is 0 Å². The van der Waals surface area contributed by atoms with E-state index in [2.05, 4.69) is 19.8 Å². The van der Waals surface area contributed by atoms with E-state index in [1.807, 2.05) is 0 Å². The van der Waals surface area contributed by atoms with E-state index in [1.165, 1.54) is 6.42 Å². The SMILES string of the molecule is NCc1nccnc1N1CCC(N2CCOCC2)C1. The molecule has 0 aliphatic carbocycles. The largest absolute Gasteiger partial charge is 0.379 e. The fourth-order valence-corrected chi connectivity index (χ4v) is 2.94. The molecule has 1 aromatic heterocycles. The quantitative estimate of drug-likeness (QED) is 0.818. The summed E-state index contributed by atoms with van der Waals surface area (Å²) in [5, 5.41) is 0. The highest BCUT2D eigenvalue weighted by Crippen LogP contribution is 2.23. The van der Waals surface area contributed by atoms with Crippen molar-refractivity contribution >= 4 is 5.82 Å². The number of ether oxygens (including phenoxy) is 1. The molecule has 0 radical (unpaired) electrons. The van der Waals surface area contributed by atoms with Crippen LogP contribution in [0.4, 0.5) is 5.82 Å². The van der Waals surface area contributed by atoms with Crippen LogP contribution in [0.2, 0.25) is 0 Å². The number of hydrogen-bond acceptors (Lipinski definition) is 6. The minimum atomic E-state index is 0.446. The summed E-state index contributed by atoms with van der Waals surface area (Å²) < 4.78 is 5.41. The lowest BCUT2D eigenvalue weighted by Crippen LogP contribution is -2.44. The summed E-state index contributed by atoms with van der Waals surface area (Å²) in [5.74, 6) is 0.959. The summed E-state index contributed by atoms with van der Waals surface area (Å²) >= 11 is 0. The first-order chi connectivity index (χ1) is 9.38. The second-order valence-electron chi connectivity index (χ2n) is 5.07. The number of anilines is 1. The van der Waals surface area contributed by atoms with Crippen molar-refractivity contribution in [2.75, 3.05) is 44.3 Å². The highest BCUT2D eigenvalue weighted by Gasteiger charge is 2.30. The van der Waals surface area contributed by atoms with Gasteiger partial charge in [0.15, 0.2) is 5.82 Å². The van der Waals surface area contributed by atoms with Crippen molar-refractivity contribution in [2.24, 2.45) is 5.73 Å². The van der Waals surface area contributed by atoms with E-state index < -0.39 is 0 Å². The Morgan fingerprint density at radius 3 is 2.79 bits per heavy atom. The topological polar surface area (TPSA) is 67.5 Å². The predicted octanol–water partition coefficient (Wildman–Crippen LogP) is -0.154. The molecule has 2 aliphatic heterocycles. The Morgan fingerprint density at radius 1 is 1.21 bits per heavy atom. The fourth-order valence-electron chi connectivity index (χ4n) is 2.94. The molecule has 1 unspecified atom stereocenters. The molecule has 0 aromatic carbocycles. The monoisotopic (exact) mass is 263 g/mol. The Morgan fingerprint density at radius 2 is 2.00 bits per heavy atom. The standard InChI is InChI=1S/C13H21N5O/c14-9-12-13(16-3-2-15-12)18-4-1-11(10-18)17-5-7-19-8-6-17/h2-3,11H,1,4-10,14H2. The number of rotatable bonds is 3. The number of morpholine rings is 1. The Balaban J connectivity index is 1.67. The maximum atomic E-state index is 5.74. The van der Waals surface area contributed by atoms with Crippen LogP contribution in [-0.2, 0) is 11.3 Å². The summed E-state index contributed by atoms with van der Waals surface area (Å²) in [6.07, 6.45) is 4.64. The van der Waals surface area contributed by atoms with E-state index in [0.29, 0.717) is 12.6 Å². The van der Waals surface area contributed by atoms with Crippen molar-refractivity contribution < 1.29 is 4.74 Å². The second kappa shape index (κ2) is 5.81. The molecule has 3 rings (SSSR count). The molecule has 19 heavy (non-hydrogen) atoms. The zero-order valence-corrected chi connectivity index (χ0v) is 11.2. The van der Waals surface area contributed by atoms with Gasteiger partial charge in [0.2, 0.25) is 0 Å². The van der Waals surface area contributed by atoms with Gasteiger partial charge in [0.1, 0.15) is 0 Å². The van der Waals surface area contributed by atoms with E-state index in [-0.39, 0.29) is 0 Å². The van der Waals surface area contributed by atoms with Gasteiger partial charge < -0.3 is 15.4 Å². The van der Waals surface area contributed by atoms with Gasteiger partial charge in [-0.15, -0.1) is 0 Å². The molecule has 1 aromatic rings. The first kappa shape index (κ1) is 12.8. The Kier molecular flexibility index (Phi) is 3.91. The van der Waals surface area contributed by atoms with Crippen molar-refractivity contribution in [2.45, 2.75) is 19.0 Å². The first-order valence-corrected chi connectivity index (χ1v) is 6.95. The molecule has 0 spiro atoms. The summed E-state index contributed by atoms with van der Waals surface area (Å²) in [6.45, 7) is 6.30. The summed E-state index contributed by atoms with van der Waals surface area (Å²) in [4.78, 5) is 13.6. The van der Waals surface area contributed by atoms with Crippen LogP contribution in [-0.4, -0.2) is 60.3 Å². The van der Waals surface area contributed by atoms with Gasteiger partial charge in [-0.25, -0.2) is 4.98 Å². The number of nitrogens with zero attached hydrogens (tertiary/aromatic N) is 4. The third kappa shape index (κ3) is 2.70. The highest BCUT2D eigenvalue weighted by molar-refractivity contribution is 5.44. The van der Waals surface area contributed by atoms with Crippen molar-refractivity contribution in [3.05, 3.63) is 18.1 Å². The maximum absolute atomic E-state index is 5.74. The average Bonchev–Trinajstić information content (AvgIpc) is 2.98. The summed E-state index contributed by atoms with van der Waals surface area (Å²) in [7, 11) is 0. The summed E-state index contributed by atoms with van der Waals surface area (Å²) in [6, 6.07) is 0.608. The van der Waals surface area contributed by atoms with Crippen molar-refractivity contribution in [3.63, 3.8) is 0 Å². The molecule has 2 fully saturated rings. The van der Waals surface area contributed by atoms with E-state index in [0.717, 1.165) is 50.9 Å². The molecule has 6 heteroatoms. The molecule has 0 bridgehead atoms. The molecular weight excluding hydrogens is 242 g/mol. The van der Waals surface area contributed by atoms with E-state index in [4.69, 9.17) is 10.5 Å². The Labute approximate surface area is 113 Å². The lowest BCUT2D eigenvalue weighted by atomic mass is 10.2. The minimum absolute atomic E-state index is 0.446. The van der Waals surface area contributed by atoms with Crippen molar-refractivity contribution in [3.8, 4) is 0 Å². The maximum Gasteiger partial charge on any atom is 0.151 e. The first-order valence-electron chi connectivity index (χ1n) is 6.95. The van der Waals surface area contributed by atoms with Gasteiger partial charge in [-0.2, -0.15) is 0 Å². The zero-order valence-electron chi connectivity index (χ0n) is 11.2. The highest BCUT2D eigenvalue weighted by atomic mass is 16.5. The van der Waals surface area contributed by atoms with E-state index in [9.17, 15) is 0 Å². The smallest absolute Gasteiger partial charge is 0.151 e. The Hall–Kier alpha value is -1.24. The molecular formula is C13H21N5O. The van der Waals surface area contributed by atoms with Gasteiger partial charge in [-0.05, 0) is 6.42 Å². The molecule has 3 heterocycles. The Bertz CT molecular complexity index is 421.